The fourth-order valence-electron chi connectivity index (χ4n) is 3.32. The van der Waals surface area contributed by atoms with Crippen molar-refractivity contribution in [3.05, 3.63) is 51.9 Å². The van der Waals surface area contributed by atoms with Crippen LogP contribution in [-0.4, -0.2) is 44.3 Å². The van der Waals surface area contributed by atoms with E-state index in [1.807, 2.05) is 0 Å². The minimum absolute atomic E-state index is 0.154. The van der Waals surface area contributed by atoms with Crippen molar-refractivity contribution >= 4 is 38.9 Å². The number of thiophene rings is 1. The lowest BCUT2D eigenvalue weighted by atomic mass is 10.1. The van der Waals surface area contributed by atoms with E-state index in [-0.39, 0.29) is 6.54 Å². The second-order valence-electron chi connectivity index (χ2n) is 7.51. The topological polar surface area (TPSA) is 105 Å². The number of hydrogen-bond donors (Lipinski definition) is 1. The van der Waals surface area contributed by atoms with Crippen molar-refractivity contribution in [3.8, 4) is 0 Å². The Balaban J connectivity index is 1.54. The molecule has 0 saturated carbocycles. The van der Waals surface area contributed by atoms with Gasteiger partial charge in [0.1, 0.15) is 9.32 Å². The Morgan fingerprint density at radius 3 is 2.62 bits per heavy atom. The maximum absolute atomic E-state index is 13.0. The highest BCUT2D eigenvalue weighted by Gasteiger charge is 2.30. The van der Waals surface area contributed by atoms with Crippen LogP contribution in [0, 0.1) is 0 Å². The number of carbonyl (C=O) groups is 1. The Labute approximate surface area is 197 Å². The van der Waals surface area contributed by atoms with Crippen molar-refractivity contribution in [2.24, 2.45) is 10.2 Å². The van der Waals surface area contributed by atoms with Crippen LogP contribution in [0.3, 0.4) is 0 Å². The first-order valence-corrected chi connectivity index (χ1v) is 13.2. The van der Waals surface area contributed by atoms with Crippen LogP contribution in [0.15, 0.2) is 50.8 Å². The smallest absolute Gasteiger partial charge is 0.314 e. The van der Waals surface area contributed by atoms with Crippen LogP contribution in [0.1, 0.15) is 47.8 Å². The highest BCUT2D eigenvalue weighted by atomic mass is 35.5. The number of nitrogens with one attached hydrogen (secondary N) is 1. The highest BCUT2D eigenvalue weighted by Crippen LogP contribution is 2.27. The molecule has 0 unspecified atom stereocenters. The molecular weight excluding hydrogens is 470 g/mol. The molecule has 1 saturated heterocycles. The van der Waals surface area contributed by atoms with Crippen LogP contribution in [0.25, 0.3) is 0 Å². The van der Waals surface area contributed by atoms with E-state index in [1.54, 1.807) is 40.7 Å². The Morgan fingerprint density at radius 2 is 1.94 bits per heavy atom. The summed E-state index contributed by atoms with van der Waals surface area (Å²) in [6.07, 6.45) is 3.92. The van der Waals surface area contributed by atoms with E-state index in [1.165, 1.54) is 11.3 Å². The molecule has 8 nitrogen and oxygen atoms in total. The van der Waals surface area contributed by atoms with Gasteiger partial charge in [0, 0.05) is 34.6 Å². The molecule has 1 N–H and O–H groups in total. The predicted octanol–water partition coefficient (Wildman–Crippen LogP) is 4.26. The molecule has 1 aliphatic rings. The van der Waals surface area contributed by atoms with Crippen LogP contribution >= 0.6 is 22.9 Å². The van der Waals surface area contributed by atoms with Crippen molar-refractivity contribution in [3.63, 3.8) is 0 Å². The monoisotopic (exact) mass is 496 g/mol. The molecule has 2 heterocycles. The van der Waals surface area contributed by atoms with Gasteiger partial charge in [-0.1, -0.05) is 24.9 Å². The van der Waals surface area contributed by atoms with E-state index < -0.39 is 15.9 Å². The average molecular weight is 497 g/mol. The number of unbranched alkanes of at least 4 members (excludes halogenated alkanes) is 1. The first kappa shape index (κ1) is 24.7. The summed E-state index contributed by atoms with van der Waals surface area (Å²) in [6.45, 7) is 4.33. The molecule has 1 aromatic heterocycles. The number of piperidine rings is 1. The number of sulfonamides is 1. The molecule has 1 aromatic carbocycles. The predicted molar refractivity (Wildman–Crippen MR) is 125 cm³/mol. The SMILES string of the molecule is CCCCNC1CCN(S(=O)(=O)c2ccc(CN=[N+]=NC(=O)c3ccc(Cl)cc3)s2)CC1. The zero-order chi connectivity index (χ0) is 23.0. The van der Waals surface area contributed by atoms with Gasteiger partial charge in [-0.25, -0.2) is 8.42 Å². The van der Waals surface area contributed by atoms with Gasteiger partial charge in [0.25, 0.3) is 10.0 Å². The number of amides is 1. The largest absolute Gasteiger partial charge is 0.360 e. The molecule has 32 heavy (non-hydrogen) atoms. The van der Waals surface area contributed by atoms with Crippen molar-refractivity contribution < 1.29 is 13.2 Å². The van der Waals surface area contributed by atoms with Gasteiger partial charge < -0.3 is 5.32 Å². The summed E-state index contributed by atoms with van der Waals surface area (Å²) in [5.41, 5.74) is 0.363. The van der Waals surface area contributed by atoms with E-state index in [4.69, 9.17) is 11.6 Å². The third-order valence-electron chi connectivity index (χ3n) is 5.16. The van der Waals surface area contributed by atoms with E-state index >= 15 is 0 Å². The molecule has 0 spiro atoms. The molecule has 1 amide bonds. The third kappa shape index (κ3) is 6.78. The summed E-state index contributed by atoms with van der Waals surface area (Å²) < 4.78 is 27.8. The average Bonchev–Trinajstić information content (AvgIpc) is 3.27. The maximum Gasteiger partial charge on any atom is 0.360 e. The van der Waals surface area contributed by atoms with Crippen LogP contribution in [0.2, 0.25) is 5.02 Å². The summed E-state index contributed by atoms with van der Waals surface area (Å²) in [5.74, 6) is -0.521. The second-order valence-corrected chi connectivity index (χ2v) is 11.3. The van der Waals surface area contributed by atoms with Gasteiger partial charge in [-0.05, 0) is 62.2 Å². The van der Waals surface area contributed by atoms with Crippen molar-refractivity contribution in [1.29, 1.82) is 0 Å². The lowest BCUT2D eigenvalue weighted by molar-refractivity contribution is 0.0992. The number of hydrogen-bond acceptors (Lipinski definition) is 6. The van der Waals surface area contributed by atoms with E-state index in [9.17, 15) is 13.2 Å². The van der Waals surface area contributed by atoms with Crippen molar-refractivity contribution in [2.75, 3.05) is 19.6 Å². The van der Waals surface area contributed by atoms with Crippen molar-refractivity contribution in [1.82, 2.24) is 14.5 Å². The van der Waals surface area contributed by atoms with Gasteiger partial charge in [0.15, 0.2) is 6.54 Å². The Kier molecular flexibility index (Phi) is 9.10. The Bertz CT molecular complexity index is 1070. The van der Waals surface area contributed by atoms with Gasteiger partial charge in [0.05, 0.1) is 0 Å². The van der Waals surface area contributed by atoms with E-state index in [0.29, 0.717) is 33.9 Å². The van der Waals surface area contributed by atoms with Gasteiger partial charge in [-0.3, -0.25) is 4.79 Å². The summed E-state index contributed by atoms with van der Waals surface area (Å²) in [5, 5.41) is 11.5. The van der Waals surface area contributed by atoms with E-state index in [2.05, 4.69) is 27.4 Å². The minimum Gasteiger partial charge on any atom is -0.314 e. The summed E-state index contributed by atoms with van der Waals surface area (Å²) in [6, 6.07) is 10.0. The molecule has 11 heteroatoms. The van der Waals surface area contributed by atoms with Crippen LogP contribution < -0.4 is 10.2 Å². The van der Waals surface area contributed by atoms with Gasteiger partial charge >= 0.3 is 5.91 Å². The molecule has 1 fully saturated rings. The van der Waals surface area contributed by atoms with Crippen molar-refractivity contribution in [2.45, 2.75) is 49.4 Å². The maximum atomic E-state index is 13.0. The number of rotatable bonds is 9. The number of nitrogens with zero attached hydrogens (tertiary/aromatic N) is 4. The molecule has 3 rings (SSSR count). The first-order chi connectivity index (χ1) is 15.4. The van der Waals surface area contributed by atoms with Crippen LogP contribution in [-0.2, 0) is 16.6 Å². The molecular formula is C21H27ClN5O3S2+. The number of carbonyl (C=O) groups excluding carboxylic acids is 1. The Morgan fingerprint density at radius 1 is 1.22 bits per heavy atom. The third-order valence-corrected chi connectivity index (χ3v) is 8.85. The molecule has 0 bridgehead atoms. The van der Waals surface area contributed by atoms with Crippen LogP contribution in [0.5, 0.6) is 0 Å². The van der Waals surface area contributed by atoms with Gasteiger partial charge in [-0.2, -0.15) is 4.31 Å². The zero-order valence-corrected chi connectivity index (χ0v) is 20.3. The molecule has 0 atom stereocenters. The summed E-state index contributed by atoms with van der Waals surface area (Å²) >= 11 is 6.96. The zero-order valence-electron chi connectivity index (χ0n) is 17.9. The Hall–Kier alpha value is -1.94. The minimum atomic E-state index is -3.51. The molecule has 0 radical (unpaired) electrons. The normalized spacial score (nSPS) is 15.3. The van der Waals surface area contributed by atoms with Gasteiger partial charge in [0.2, 0.25) is 10.0 Å². The standard InChI is InChI=1S/C21H27ClN5O3S2/c1-2-3-12-23-18-10-13-27(14-11-18)32(29,30)20-9-8-19(31-20)15-24-26-25-21(28)16-4-6-17(22)7-5-16/h4-9,18,23H,2-3,10-15H2,1H3/q+1. The van der Waals surface area contributed by atoms with Crippen LogP contribution in [0.4, 0.5) is 0 Å². The van der Waals surface area contributed by atoms with Gasteiger partial charge in [-0.15, -0.1) is 11.3 Å². The highest BCUT2D eigenvalue weighted by molar-refractivity contribution is 7.91. The first-order valence-electron chi connectivity index (χ1n) is 10.6. The quantitative estimate of drug-likeness (QED) is 0.318. The summed E-state index contributed by atoms with van der Waals surface area (Å²) in [7, 11) is -3.51. The molecule has 0 aliphatic carbocycles. The fourth-order valence-corrected chi connectivity index (χ4v) is 6.34. The van der Waals surface area contributed by atoms with E-state index in [0.717, 1.165) is 37.1 Å². The molecule has 1 aliphatic heterocycles. The molecule has 2 aromatic rings. The lowest BCUT2D eigenvalue weighted by Crippen LogP contribution is -2.44. The fraction of sp³-hybridized carbons (Fsp3) is 0.476. The number of benzene rings is 1. The molecule has 172 valence electrons. The second kappa shape index (κ2) is 11.8. The summed E-state index contributed by atoms with van der Waals surface area (Å²) in [4.78, 5) is 16.2. The number of halogens is 1. The lowest BCUT2D eigenvalue weighted by Gasteiger charge is -2.31.